The number of nitrogens with one attached hydrogen (secondary N) is 1. The van der Waals surface area contributed by atoms with Crippen molar-refractivity contribution in [3.63, 3.8) is 0 Å². The van der Waals surface area contributed by atoms with E-state index in [2.05, 4.69) is 21.0 Å². The van der Waals surface area contributed by atoms with Gasteiger partial charge in [0.05, 0.1) is 35.7 Å². The largest absolute Gasteiger partial charge is 0.378 e. The minimum absolute atomic E-state index is 0.339. The molecule has 0 atom stereocenters. The molecule has 7 nitrogen and oxygen atoms in total. The summed E-state index contributed by atoms with van der Waals surface area (Å²) in [6.45, 7) is 2.43. The van der Waals surface area contributed by atoms with Gasteiger partial charge >= 0.3 is 0 Å². The molecule has 1 saturated heterocycles. The van der Waals surface area contributed by atoms with Gasteiger partial charge in [0.1, 0.15) is 23.3 Å². The summed E-state index contributed by atoms with van der Waals surface area (Å²) in [6.07, 6.45) is 0. The molecular weight excluding hydrogens is 427 g/mol. The Kier molecular flexibility index (Phi) is 5.71. The van der Waals surface area contributed by atoms with Crippen LogP contribution < -0.4 is 4.90 Å². The zero-order chi connectivity index (χ0) is 21.9. The van der Waals surface area contributed by atoms with E-state index in [4.69, 9.17) is 9.72 Å². The number of ether oxygens (including phenoxy) is 1. The number of nitrogens with zero attached hydrogens (tertiary/aromatic N) is 5. The van der Waals surface area contributed by atoms with Crippen LogP contribution in [0, 0.1) is 17.1 Å². The van der Waals surface area contributed by atoms with Gasteiger partial charge in [-0.05, 0) is 36.4 Å². The number of fused-ring (bicyclic) bond motifs is 1. The molecule has 4 aromatic rings. The van der Waals surface area contributed by atoms with Crippen molar-refractivity contribution in [1.82, 2.24) is 19.9 Å². The summed E-state index contributed by atoms with van der Waals surface area (Å²) in [5.74, 6) is 1.61. The quantitative estimate of drug-likeness (QED) is 0.364. The number of nitriles is 1. The first-order valence-corrected chi connectivity index (χ1v) is 11.2. The molecule has 0 amide bonds. The number of hydrogen-bond acceptors (Lipinski definition) is 7. The number of aromatic nitrogens is 4. The Labute approximate surface area is 188 Å². The summed E-state index contributed by atoms with van der Waals surface area (Å²) < 4.78 is 19.0. The fraction of sp³-hybridized carbons (Fsp3) is 0.217. The number of thioether (sulfide) groups is 1. The molecular formula is C23H19FN6OS. The van der Waals surface area contributed by atoms with E-state index < -0.39 is 0 Å². The van der Waals surface area contributed by atoms with Crippen LogP contribution in [0.15, 0.2) is 53.7 Å². The monoisotopic (exact) mass is 446 g/mol. The minimum Gasteiger partial charge on any atom is -0.378 e. The maximum atomic E-state index is 13.5. The Balaban J connectivity index is 1.52. The average molecular weight is 447 g/mol. The second kappa shape index (κ2) is 8.94. The molecule has 5 rings (SSSR count). The number of benzene rings is 2. The van der Waals surface area contributed by atoms with E-state index in [-0.39, 0.29) is 5.82 Å². The molecule has 0 spiro atoms. The predicted molar refractivity (Wildman–Crippen MR) is 121 cm³/mol. The Hall–Kier alpha value is -3.48. The molecule has 0 saturated carbocycles. The van der Waals surface area contributed by atoms with Crippen LogP contribution in [0.3, 0.4) is 0 Å². The zero-order valence-corrected chi connectivity index (χ0v) is 17.9. The molecule has 0 radical (unpaired) electrons. The van der Waals surface area contributed by atoms with Gasteiger partial charge < -0.3 is 14.6 Å². The molecule has 1 aliphatic heterocycles. The van der Waals surface area contributed by atoms with Crippen LogP contribution in [0.4, 0.5) is 10.2 Å². The SMILES string of the molecule is N#Cc1c(-c2ccc(F)cc2)nc(SCc2nc3ccccc3[nH]2)nc1N1CCOCC1. The summed E-state index contributed by atoms with van der Waals surface area (Å²) in [5, 5.41) is 10.5. The normalized spacial score (nSPS) is 13.9. The molecule has 0 bridgehead atoms. The van der Waals surface area contributed by atoms with E-state index in [1.807, 2.05) is 29.2 Å². The molecule has 1 aliphatic rings. The third kappa shape index (κ3) is 4.15. The zero-order valence-electron chi connectivity index (χ0n) is 17.1. The molecule has 32 heavy (non-hydrogen) atoms. The Morgan fingerprint density at radius 3 is 2.59 bits per heavy atom. The van der Waals surface area contributed by atoms with E-state index in [1.54, 1.807) is 12.1 Å². The molecule has 1 fully saturated rings. The van der Waals surface area contributed by atoms with Crippen LogP contribution in [0.1, 0.15) is 11.4 Å². The van der Waals surface area contributed by atoms with Crippen LogP contribution in [-0.2, 0) is 10.5 Å². The molecule has 1 N–H and O–H groups in total. The van der Waals surface area contributed by atoms with Crippen molar-refractivity contribution >= 4 is 28.6 Å². The van der Waals surface area contributed by atoms with Crippen LogP contribution in [0.2, 0.25) is 0 Å². The van der Waals surface area contributed by atoms with Gasteiger partial charge in [-0.15, -0.1) is 0 Å². The number of H-pyrrole nitrogens is 1. The average Bonchev–Trinajstić information content (AvgIpc) is 3.26. The second-order valence-electron chi connectivity index (χ2n) is 7.26. The van der Waals surface area contributed by atoms with Gasteiger partial charge in [-0.3, -0.25) is 0 Å². The summed E-state index contributed by atoms with van der Waals surface area (Å²) in [6, 6.07) is 16.1. The first-order chi connectivity index (χ1) is 15.7. The van der Waals surface area contributed by atoms with Crippen LogP contribution in [-0.4, -0.2) is 46.2 Å². The van der Waals surface area contributed by atoms with Crippen LogP contribution in [0.5, 0.6) is 0 Å². The smallest absolute Gasteiger partial charge is 0.190 e. The van der Waals surface area contributed by atoms with Crippen molar-refractivity contribution in [2.75, 3.05) is 31.2 Å². The molecule has 2 aromatic carbocycles. The number of rotatable bonds is 5. The number of halogens is 1. The van der Waals surface area contributed by atoms with Gasteiger partial charge in [-0.1, -0.05) is 23.9 Å². The van der Waals surface area contributed by atoms with Crippen molar-refractivity contribution in [2.45, 2.75) is 10.9 Å². The third-order valence-corrected chi connectivity index (χ3v) is 6.04. The molecule has 0 aliphatic carbocycles. The topological polar surface area (TPSA) is 90.7 Å². The van der Waals surface area contributed by atoms with E-state index in [0.29, 0.717) is 59.9 Å². The number of aromatic amines is 1. The lowest BCUT2D eigenvalue weighted by molar-refractivity contribution is 0.122. The first kappa shape index (κ1) is 20.4. The standard InChI is InChI=1S/C23H19FN6OS/c24-16-7-5-15(6-8-16)21-17(13-25)22(30-9-11-31-12-10-30)29-23(28-21)32-14-20-26-18-3-1-2-4-19(18)27-20/h1-8H,9-12,14H2,(H,26,27). The summed E-state index contributed by atoms with van der Waals surface area (Å²) in [7, 11) is 0. The summed E-state index contributed by atoms with van der Waals surface area (Å²) >= 11 is 1.44. The fourth-order valence-electron chi connectivity index (χ4n) is 3.62. The van der Waals surface area contributed by atoms with Gasteiger partial charge in [0.2, 0.25) is 0 Å². The van der Waals surface area contributed by atoms with Gasteiger partial charge in [-0.2, -0.15) is 5.26 Å². The maximum Gasteiger partial charge on any atom is 0.190 e. The molecule has 9 heteroatoms. The Morgan fingerprint density at radius 2 is 1.84 bits per heavy atom. The lowest BCUT2D eigenvalue weighted by Gasteiger charge is -2.29. The van der Waals surface area contributed by atoms with Gasteiger partial charge in [0.15, 0.2) is 11.0 Å². The van der Waals surface area contributed by atoms with Crippen molar-refractivity contribution < 1.29 is 9.13 Å². The predicted octanol–water partition coefficient (Wildman–Crippen LogP) is 4.16. The lowest BCUT2D eigenvalue weighted by Crippen LogP contribution is -2.37. The van der Waals surface area contributed by atoms with Gasteiger partial charge in [0.25, 0.3) is 0 Å². The highest BCUT2D eigenvalue weighted by Gasteiger charge is 2.22. The fourth-order valence-corrected chi connectivity index (χ4v) is 4.33. The van der Waals surface area contributed by atoms with Crippen molar-refractivity contribution in [1.29, 1.82) is 5.26 Å². The Morgan fingerprint density at radius 1 is 1.06 bits per heavy atom. The van der Waals surface area contributed by atoms with Crippen molar-refractivity contribution in [2.24, 2.45) is 0 Å². The van der Waals surface area contributed by atoms with Crippen molar-refractivity contribution in [3.05, 3.63) is 65.7 Å². The van der Waals surface area contributed by atoms with Gasteiger partial charge in [0, 0.05) is 18.7 Å². The Bertz CT molecular complexity index is 1260. The van der Waals surface area contributed by atoms with Crippen LogP contribution in [0.25, 0.3) is 22.3 Å². The number of para-hydroxylation sites is 2. The molecule has 0 unspecified atom stereocenters. The van der Waals surface area contributed by atoms with Gasteiger partial charge in [-0.25, -0.2) is 19.3 Å². The van der Waals surface area contributed by atoms with E-state index >= 15 is 0 Å². The molecule has 2 aromatic heterocycles. The number of imidazole rings is 1. The molecule has 160 valence electrons. The maximum absolute atomic E-state index is 13.5. The van der Waals surface area contributed by atoms with E-state index in [0.717, 1.165) is 16.9 Å². The van der Waals surface area contributed by atoms with Crippen LogP contribution >= 0.6 is 11.8 Å². The minimum atomic E-state index is -0.339. The number of morpholine rings is 1. The second-order valence-corrected chi connectivity index (χ2v) is 8.20. The number of hydrogen-bond donors (Lipinski definition) is 1. The van der Waals surface area contributed by atoms with E-state index in [9.17, 15) is 9.65 Å². The highest BCUT2D eigenvalue weighted by molar-refractivity contribution is 7.98. The van der Waals surface area contributed by atoms with E-state index in [1.165, 1.54) is 23.9 Å². The lowest BCUT2D eigenvalue weighted by atomic mass is 10.1. The molecule has 3 heterocycles. The highest BCUT2D eigenvalue weighted by Crippen LogP contribution is 2.32. The number of anilines is 1. The summed E-state index contributed by atoms with van der Waals surface area (Å²) in [5.41, 5.74) is 3.43. The first-order valence-electron chi connectivity index (χ1n) is 10.2. The highest BCUT2D eigenvalue weighted by atomic mass is 32.2. The third-order valence-electron chi connectivity index (χ3n) is 5.19. The summed E-state index contributed by atoms with van der Waals surface area (Å²) in [4.78, 5) is 19.4. The van der Waals surface area contributed by atoms with Crippen molar-refractivity contribution in [3.8, 4) is 17.3 Å².